The van der Waals surface area contributed by atoms with Crippen LogP contribution in [0.1, 0.15) is 18.9 Å². The van der Waals surface area contributed by atoms with E-state index in [1.807, 2.05) is 53.6 Å². The number of rotatable bonds is 10. The van der Waals surface area contributed by atoms with Gasteiger partial charge in [0.05, 0.1) is 17.4 Å². The number of anilines is 1. The van der Waals surface area contributed by atoms with Crippen LogP contribution in [0.15, 0.2) is 49.1 Å². The molecule has 0 bridgehead atoms. The van der Waals surface area contributed by atoms with Crippen LogP contribution >= 0.6 is 11.8 Å². The van der Waals surface area contributed by atoms with E-state index >= 15 is 0 Å². The number of imidazole rings is 1. The molecule has 0 spiro atoms. The van der Waals surface area contributed by atoms with Gasteiger partial charge >= 0.3 is 0 Å². The second-order valence-corrected chi connectivity index (χ2v) is 8.20. The predicted molar refractivity (Wildman–Crippen MR) is 118 cm³/mol. The van der Waals surface area contributed by atoms with E-state index in [2.05, 4.69) is 40.1 Å². The Morgan fingerprint density at radius 1 is 1.29 bits per heavy atom. The molecule has 1 aromatic carbocycles. The van der Waals surface area contributed by atoms with Crippen LogP contribution in [0.5, 0.6) is 0 Å². The maximum absolute atomic E-state index is 12.9. The van der Waals surface area contributed by atoms with Gasteiger partial charge < -0.3 is 19.4 Å². The number of amides is 1. The van der Waals surface area contributed by atoms with Crippen molar-refractivity contribution in [2.24, 2.45) is 0 Å². The maximum Gasteiger partial charge on any atom is 0.247 e. The van der Waals surface area contributed by atoms with Crippen LogP contribution in [0.25, 0.3) is 11.0 Å². The molecule has 2 aromatic heterocycles. The van der Waals surface area contributed by atoms with Crippen LogP contribution in [0.4, 0.5) is 5.69 Å². The number of hydrogen-bond acceptors (Lipinski definition) is 4. The molecule has 28 heavy (non-hydrogen) atoms. The van der Waals surface area contributed by atoms with Crippen LogP contribution in [0.3, 0.4) is 0 Å². The van der Waals surface area contributed by atoms with Gasteiger partial charge in [-0.2, -0.15) is 11.8 Å². The minimum atomic E-state index is -0.207. The summed E-state index contributed by atoms with van der Waals surface area (Å²) in [4.78, 5) is 19.6. The molecule has 1 atom stereocenters. The van der Waals surface area contributed by atoms with Gasteiger partial charge in [0, 0.05) is 24.6 Å². The third-order valence-electron chi connectivity index (χ3n) is 4.78. The Hall–Kier alpha value is -2.25. The monoisotopic (exact) mass is 399 g/mol. The van der Waals surface area contributed by atoms with Crippen molar-refractivity contribution < 1.29 is 4.79 Å². The molecule has 1 amide bonds. The molecule has 0 radical (unpaired) electrons. The van der Waals surface area contributed by atoms with Gasteiger partial charge in [-0.05, 0) is 75.8 Å². The first-order chi connectivity index (χ1) is 13.6. The largest absolute Gasteiger partial charge is 0.342 e. The normalized spacial score (nSPS) is 12.6. The summed E-state index contributed by atoms with van der Waals surface area (Å²) in [5, 5.41) is 3.07. The van der Waals surface area contributed by atoms with Gasteiger partial charge in [0.2, 0.25) is 5.91 Å². The van der Waals surface area contributed by atoms with Crippen molar-refractivity contribution >= 4 is 34.4 Å². The van der Waals surface area contributed by atoms with E-state index < -0.39 is 0 Å². The molecule has 7 heteroatoms. The summed E-state index contributed by atoms with van der Waals surface area (Å²) in [5.41, 5.74) is 2.79. The van der Waals surface area contributed by atoms with Crippen molar-refractivity contribution in [1.29, 1.82) is 0 Å². The Morgan fingerprint density at radius 3 is 2.79 bits per heavy atom. The second-order valence-electron chi connectivity index (χ2n) is 7.22. The van der Waals surface area contributed by atoms with E-state index in [-0.39, 0.29) is 11.9 Å². The molecule has 1 N–H and O–H groups in total. The van der Waals surface area contributed by atoms with Gasteiger partial charge in [0.25, 0.3) is 0 Å². The van der Waals surface area contributed by atoms with Crippen molar-refractivity contribution in [3.63, 3.8) is 0 Å². The predicted octanol–water partition coefficient (Wildman–Crippen LogP) is 3.72. The van der Waals surface area contributed by atoms with Crippen LogP contribution in [-0.2, 0) is 11.3 Å². The molecule has 0 aliphatic rings. The number of hydrogen-bond donors (Lipinski definition) is 1. The Bertz CT molecular complexity index is 887. The lowest BCUT2D eigenvalue weighted by Gasteiger charge is -2.18. The molecular weight excluding hydrogens is 370 g/mol. The van der Waals surface area contributed by atoms with E-state index in [1.165, 1.54) is 0 Å². The highest BCUT2D eigenvalue weighted by molar-refractivity contribution is 7.98. The summed E-state index contributed by atoms with van der Waals surface area (Å²) in [6.45, 7) is 1.98. The van der Waals surface area contributed by atoms with Gasteiger partial charge in [-0.3, -0.25) is 4.79 Å². The van der Waals surface area contributed by atoms with Gasteiger partial charge in [-0.1, -0.05) is 0 Å². The number of nitrogens with one attached hydrogen (secondary N) is 1. The number of carbonyl (C=O) groups excluding carboxylic acids is 1. The van der Waals surface area contributed by atoms with Gasteiger partial charge in [-0.15, -0.1) is 0 Å². The first-order valence-electron chi connectivity index (χ1n) is 9.60. The zero-order valence-corrected chi connectivity index (χ0v) is 17.7. The Kier molecular flexibility index (Phi) is 7.17. The first-order valence-corrected chi connectivity index (χ1v) is 11.0. The number of fused-ring (bicyclic) bond motifs is 1. The molecule has 0 saturated heterocycles. The summed E-state index contributed by atoms with van der Waals surface area (Å²) in [6.07, 6.45) is 9.71. The molecule has 0 saturated carbocycles. The molecule has 0 aliphatic carbocycles. The summed E-state index contributed by atoms with van der Waals surface area (Å²) in [6, 6.07) is 9.66. The Balaban J connectivity index is 1.70. The average Bonchev–Trinajstić information content (AvgIpc) is 3.32. The standard InChI is InChI=1S/C21H29N5OS/c1-24(2)10-6-13-26-16-22-18-15-17(7-8-19(18)26)23-21(27)20(9-14-28-3)25-11-4-5-12-25/h4-5,7-8,11-12,15-16,20H,6,9-10,13-14H2,1-3H3,(H,23,27). The van der Waals surface area contributed by atoms with Crippen molar-refractivity contribution in [1.82, 2.24) is 19.0 Å². The van der Waals surface area contributed by atoms with E-state index in [0.717, 1.165) is 48.4 Å². The Labute approximate surface area is 170 Å². The summed E-state index contributed by atoms with van der Waals surface area (Å²) >= 11 is 1.75. The van der Waals surface area contributed by atoms with Crippen LogP contribution in [0.2, 0.25) is 0 Å². The van der Waals surface area contributed by atoms with E-state index in [1.54, 1.807) is 11.8 Å². The number of nitrogens with zero attached hydrogens (tertiary/aromatic N) is 4. The number of aromatic nitrogens is 3. The first kappa shape index (κ1) is 20.5. The zero-order valence-electron chi connectivity index (χ0n) is 16.8. The molecule has 6 nitrogen and oxygen atoms in total. The van der Waals surface area contributed by atoms with Crippen LogP contribution < -0.4 is 5.32 Å². The van der Waals surface area contributed by atoms with Gasteiger partial charge in [-0.25, -0.2) is 4.98 Å². The second kappa shape index (κ2) is 9.80. The van der Waals surface area contributed by atoms with Crippen LogP contribution in [-0.4, -0.2) is 57.6 Å². The fraction of sp³-hybridized carbons (Fsp3) is 0.429. The fourth-order valence-corrected chi connectivity index (χ4v) is 3.76. The highest BCUT2D eigenvalue weighted by atomic mass is 32.2. The van der Waals surface area contributed by atoms with E-state index in [4.69, 9.17) is 0 Å². The molecule has 3 rings (SSSR count). The molecule has 0 fully saturated rings. The lowest BCUT2D eigenvalue weighted by Crippen LogP contribution is -2.25. The highest BCUT2D eigenvalue weighted by Gasteiger charge is 2.19. The minimum Gasteiger partial charge on any atom is -0.342 e. The summed E-state index contributed by atoms with van der Waals surface area (Å²) in [7, 11) is 4.17. The molecule has 150 valence electrons. The van der Waals surface area contributed by atoms with Crippen LogP contribution in [0, 0.1) is 0 Å². The third-order valence-corrected chi connectivity index (χ3v) is 5.42. The molecule has 0 aliphatic heterocycles. The maximum atomic E-state index is 12.9. The lowest BCUT2D eigenvalue weighted by atomic mass is 10.2. The van der Waals surface area contributed by atoms with E-state index in [0.29, 0.717) is 0 Å². The topological polar surface area (TPSA) is 55.1 Å². The third kappa shape index (κ3) is 5.17. The van der Waals surface area contributed by atoms with Crippen molar-refractivity contribution in [2.75, 3.05) is 38.0 Å². The van der Waals surface area contributed by atoms with Gasteiger partial charge in [0.1, 0.15) is 6.04 Å². The molecular formula is C21H29N5OS. The smallest absolute Gasteiger partial charge is 0.247 e. The molecule has 3 aromatic rings. The lowest BCUT2D eigenvalue weighted by molar-refractivity contribution is -0.119. The van der Waals surface area contributed by atoms with Crippen molar-refractivity contribution in [3.8, 4) is 0 Å². The number of benzene rings is 1. The molecule has 1 unspecified atom stereocenters. The number of thioether (sulfide) groups is 1. The Morgan fingerprint density at radius 2 is 2.07 bits per heavy atom. The number of carbonyl (C=O) groups is 1. The zero-order chi connectivity index (χ0) is 19.9. The summed E-state index contributed by atoms with van der Waals surface area (Å²) < 4.78 is 4.15. The van der Waals surface area contributed by atoms with Gasteiger partial charge in [0.15, 0.2) is 0 Å². The van der Waals surface area contributed by atoms with Crippen molar-refractivity contribution in [3.05, 3.63) is 49.1 Å². The fourth-order valence-electron chi connectivity index (χ4n) is 3.30. The average molecular weight is 400 g/mol. The van der Waals surface area contributed by atoms with Crippen molar-refractivity contribution in [2.45, 2.75) is 25.4 Å². The van der Waals surface area contributed by atoms with E-state index in [9.17, 15) is 4.79 Å². The SMILES string of the molecule is CSCCC(C(=O)Nc1ccc2c(c1)ncn2CCCN(C)C)n1cccc1. The minimum absolute atomic E-state index is 0.00927. The highest BCUT2D eigenvalue weighted by Crippen LogP contribution is 2.21. The molecule has 2 heterocycles. The number of aryl methyl sites for hydroxylation is 1. The summed E-state index contributed by atoms with van der Waals surface area (Å²) in [5.74, 6) is 0.946. The quantitative estimate of drug-likeness (QED) is 0.564.